The summed E-state index contributed by atoms with van der Waals surface area (Å²) in [6.45, 7) is 2.39. The predicted octanol–water partition coefficient (Wildman–Crippen LogP) is 2.26. The number of nitrogens with two attached hydrogens (primary N) is 1. The Kier molecular flexibility index (Phi) is 3.40. The summed E-state index contributed by atoms with van der Waals surface area (Å²) in [5.74, 6) is 0.0625. The molecule has 0 spiro atoms. The number of carbonyl (C=O) groups excluding carboxylic acids is 1. The highest BCUT2D eigenvalue weighted by Crippen LogP contribution is 2.45. The maximum Gasteiger partial charge on any atom is 0.227 e. The van der Waals surface area contributed by atoms with Gasteiger partial charge >= 0.3 is 0 Å². The van der Waals surface area contributed by atoms with Crippen LogP contribution in [0.5, 0.6) is 0 Å². The number of hydrogen-bond donors (Lipinski definition) is 2. The zero-order valence-corrected chi connectivity index (χ0v) is 10.6. The van der Waals surface area contributed by atoms with Crippen LogP contribution in [-0.2, 0) is 4.79 Å². The van der Waals surface area contributed by atoms with E-state index in [2.05, 4.69) is 5.32 Å². The first-order chi connectivity index (χ1) is 8.07. The minimum absolute atomic E-state index is 0.0368. The Labute approximate surface area is 106 Å². The van der Waals surface area contributed by atoms with Crippen molar-refractivity contribution in [2.24, 2.45) is 11.1 Å². The Morgan fingerprint density at radius 1 is 1.59 bits per heavy atom. The summed E-state index contributed by atoms with van der Waals surface area (Å²) in [4.78, 5) is 12.0. The van der Waals surface area contributed by atoms with Gasteiger partial charge in [0.05, 0.1) is 11.5 Å². The van der Waals surface area contributed by atoms with Gasteiger partial charge < -0.3 is 11.1 Å². The molecule has 1 aliphatic carbocycles. The molecule has 1 saturated carbocycles. The van der Waals surface area contributed by atoms with E-state index in [0.29, 0.717) is 11.6 Å². The molecule has 1 aromatic carbocycles. The standard InChI is InChI=1S/C13H17ClN2O/c1-9(10-3-2-4-11(14)7-10)16-12(17)13(8-15)5-6-13/h2-4,7,9H,5-6,8,15H2,1H3,(H,16,17)/t9-/m1/s1. The Morgan fingerprint density at radius 2 is 2.29 bits per heavy atom. The first kappa shape index (κ1) is 12.4. The lowest BCUT2D eigenvalue weighted by atomic mass is 10.0. The van der Waals surface area contributed by atoms with Gasteiger partial charge in [0.25, 0.3) is 0 Å². The first-order valence-electron chi connectivity index (χ1n) is 5.84. The molecule has 1 aliphatic rings. The van der Waals surface area contributed by atoms with E-state index < -0.39 is 0 Å². The fraction of sp³-hybridized carbons (Fsp3) is 0.462. The molecule has 4 heteroatoms. The van der Waals surface area contributed by atoms with Gasteiger partial charge in [-0.2, -0.15) is 0 Å². The van der Waals surface area contributed by atoms with E-state index in [1.54, 1.807) is 0 Å². The topological polar surface area (TPSA) is 55.1 Å². The van der Waals surface area contributed by atoms with Crippen molar-refractivity contribution in [1.29, 1.82) is 0 Å². The summed E-state index contributed by atoms with van der Waals surface area (Å²) in [7, 11) is 0. The highest BCUT2D eigenvalue weighted by atomic mass is 35.5. The molecule has 3 N–H and O–H groups in total. The summed E-state index contributed by atoms with van der Waals surface area (Å²) < 4.78 is 0. The molecule has 0 radical (unpaired) electrons. The number of nitrogens with one attached hydrogen (secondary N) is 1. The zero-order chi connectivity index (χ0) is 12.5. The number of carbonyl (C=O) groups is 1. The second-order valence-electron chi connectivity index (χ2n) is 4.73. The van der Waals surface area contributed by atoms with Gasteiger partial charge in [0.2, 0.25) is 5.91 Å². The molecule has 17 heavy (non-hydrogen) atoms. The van der Waals surface area contributed by atoms with Gasteiger partial charge in [-0.15, -0.1) is 0 Å². The van der Waals surface area contributed by atoms with E-state index in [1.165, 1.54) is 0 Å². The van der Waals surface area contributed by atoms with Crippen LogP contribution in [0.3, 0.4) is 0 Å². The lowest BCUT2D eigenvalue weighted by Gasteiger charge is -2.18. The van der Waals surface area contributed by atoms with Crippen LogP contribution < -0.4 is 11.1 Å². The number of hydrogen-bond acceptors (Lipinski definition) is 2. The van der Waals surface area contributed by atoms with Gasteiger partial charge in [-0.3, -0.25) is 4.79 Å². The molecule has 0 unspecified atom stereocenters. The Morgan fingerprint density at radius 3 is 2.82 bits per heavy atom. The molecule has 1 amide bonds. The Bertz CT molecular complexity index is 429. The van der Waals surface area contributed by atoms with Crippen LogP contribution in [0.4, 0.5) is 0 Å². The van der Waals surface area contributed by atoms with Gasteiger partial charge in [0.15, 0.2) is 0 Å². The molecule has 0 saturated heterocycles. The quantitative estimate of drug-likeness (QED) is 0.864. The zero-order valence-electron chi connectivity index (χ0n) is 9.87. The van der Waals surface area contributed by atoms with Gasteiger partial charge in [-0.05, 0) is 37.5 Å². The van der Waals surface area contributed by atoms with Crippen molar-refractivity contribution in [2.75, 3.05) is 6.54 Å². The monoisotopic (exact) mass is 252 g/mol. The van der Waals surface area contributed by atoms with Gasteiger partial charge in [0.1, 0.15) is 0 Å². The Balaban J connectivity index is 2.02. The molecular weight excluding hydrogens is 236 g/mol. The SMILES string of the molecule is C[C@@H](NC(=O)C1(CN)CC1)c1cccc(Cl)c1. The molecule has 2 rings (SSSR count). The van der Waals surface area contributed by atoms with E-state index in [9.17, 15) is 4.79 Å². The number of rotatable bonds is 4. The van der Waals surface area contributed by atoms with Crippen molar-refractivity contribution in [2.45, 2.75) is 25.8 Å². The van der Waals surface area contributed by atoms with Gasteiger partial charge in [0, 0.05) is 11.6 Å². The van der Waals surface area contributed by atoms with Crippen molar-refractivity contribution in [3.63, 3.8) is 0 Å². The molecule has 3 nitrogen and oxygen atoms in total. The summed E-state index contributed by atoms with van der Waals surface area (Å²) in [6, 6.07) is 7.50. The molecule has 1 aromatic rings. The lowest BCUT2D eigenvalue weighted by molar-refractivity contribution is -0.126. The van der Waals surface area contributed by atoms with Crippen LogP contribution in [0.25, 0.3) is 0 Å². The third-order valence-electron chi connectivity index (χ3n) is 3.42. The summed E-state index contributed by atoms with van der Waals surface area (Å²) >= 11 is 5.92. The van der Waals surface area contributed by atoms with Gasteiger partial charge in [-0.25, -0.2) is 0 Å². The highest BCUT2D eigenvalue weighted by molar-refractivity contribution is 6.30. The number of amides is 1. The minimum atomic E-state index is -0.299. The molecule has 1 atom stereocenters. The van der Waals surface area contributed by atoms with E-state index >= 15 is 0 Å². The maximum absolute atomic E-state index is 12.0. The van der Waals surface area contributed by atoms with Crippen LogP contribution in [0, 0.1) is 5.41 Å². The van der Waals surface area contributed by atoms with Crippen LogP contribution in [-0.4, -0.2) is 12.5 Å². The second kappa shape index (κ2) is 4.67. The van der Waals surface area contributed by atoms with E-state index in [1.807, 2.05) is 31.2 Å². The average molecular weight is 253 g/mol. The predicted molar refractivity (Wildman–Crippen MR) is 68.7 cm³/mol. The fourth-order valence-electron chi connectivity index (χ4n) is 1.88. The summed E-state index contributed by atoms with van der Waals surface area (Å²) in [5, 5.41) is 3.68. The third kappa shape index (κ3) is 2.61. The number of benzene rings is 1. The van der Waals surface area contributed by atoms with Crippen molar-refractivity contribution in [3.8, 4) is 0 Å². The second-order valence-corrected chi connectivity index (χ2v) is 5.17. The molecule has 92 valence electrons. The summed E-state index contributed by atoms with van der Waals surface area (Å²) in [6.07, 6.45) is 1.80. The van der Waals surface area contributed by atoms with Crippen molar-refractivity contribution >= 4 is 17.5 Å². The highest BCUT2D eigenvalue weighted by Gasteiger charge is 2.48. The van der Waals surface area contributed by atoms with E-state index in [0.717, 1.165) is 18.4 Å². The molecular formula is C13H17ClN2O. The lowest BCUT2D eigenvalue weighted by Crippen LogP contribution is -2.37. The van der Waals surface area contributed by atoms with Crippen LogP contribution >= 0.6 is 11.6 Å². The van der Waals surface area contributed by atoms with Gasteiger partial charge in [-0.1, -0.05) is 23.7 Å². The van der Waals surface area contributed by atoms with E-state index in [4.69, 9.17) is 17.3 Å². The van der Waals surface area contributed by atoms with Crippen molar-refractivity contribution < 1.29 is 4.79 Å². The molecule has 0 bridgehead atoms. The first-order valence-corrected chi connectivity index (χ1v) is 6.22. The van der Waals surface area contributed by atoms with Crippen molar-refractivity contribution in [3.05, 3.63) is 34.9 Å². The summed E-state index contributed by atoms with van der Waals surface area (Å²) in [5.41, 5.74) is 6.34. The average Bonchev–Trinajstić information content (AvgIpc) is 3.09. The van der Waals surface area contributed by atoms with Crippen LogP contribution in [0.15, 0.2) is 24.3 Å². The normalized spacial score (nSPS) is 18.5. The van der Waals surface area contributed by atoms with E-state index in [-0.39, 0.29) is 17.4 Å². The number of halogens is 1. The Hall–Kier alpha value is -1.06. The van der Waals surface area contributed by atoms with Crippen molar-refractivity contribution in [1.82, 2.24) is 5.32 Å². The largest absolute Gasteiger partial charge is 0.349 e. The molecule has 0 aromatic heterocycles. The third-order valence-corrected chi connectivity index (χ3v) is 3.66. The fourth-order valence-corrected chi connectivity index (χ4v) is 2.08. The molecule has 0 aliphatic heterocycles. The minimum Gasteiger partial charge on any atom is -0.349 e. The molecule has 0 heterocycles. The smallest absolute Gasteiger partial charge is 0.227 e. The van der Waals surface area contributed by atoms with Crippen LogP contribution in [0.1, 0.15) is 31.4 Å². The molecule has 1 fully saturated rings. The maximum atomic E-state index is 12.0. The van der Waals surface area contributed by atoms with Crippen LogP contribution in [0.2, 0.25) is 5.02 Å².